The second kappa shape index (κ2) is 3.98. The molecule has 3 heteroatoms. The molecule has 3 nitrogen and oxygen atoms in total. The molecule has 1 fully saturated rings. The number of benzene rings is 1. The summed E-state index contributed by atoms with van der Waals surface area (Å²) in [7, 11) is 0. The molecule has 1 aliphatic heterocycles. The summed E-state index contributed by atoms with van der Waals surface area (Å²) in [6, 6.07) is 7.28. The highest BCUT2D eigenvalue weighted by Crippen LogP contribution is 2.29. The molecule has 0 saturated carbocycles. The summed E-state index contributed by atoms with van der Waals surface area (Å²) in [4.78, 5) is 0. The van der Waals surface area contributed by atoms with Crippen LogP contribution in [0.2, 0.25) is 0 Å². The lowest BCUT2D eigenvalue weighted by atomic mass is 9.92. The maximum absolute atomic E-state index is 9.64. The van der Waals surface area contributed by atoms with E-state index in [0.717, 1.165) is 25.1 Å². The van der Waals surface area contributed by atoms with Crippen LogP contribution in [0.1, 0.15) is 18.0 Å². The van der Waals surface area contributed by atoms with Crippen LogP contribution in [0.15, 0.2) is 24.3 Å². The van der Waals surface area contributed by atoms with Crippen LogP contribution in [0.4, 0.5) is 0 Å². The van der Waals surface area contributed by atoms with Crippen molar-refractivity contribution >= 4 is 0 Å². The molecule has 1 aliphatic rings. The molecule has 0 aliphatic carbocycles. The number of rotatable bonds is 2. The van der Waals surface area contributed by atoms with E-state index in [4.69, 9.17) is 5.73 Å². The highest BCUT2D eigenvalue weighted by Gasteiger charge is 2.24. The van der Waals surface area contributed by atoms with Gasteiger partial charge in [0.25, 0.3) is 0 Å². The zero-order valence-electron chi connectivity index (χ0n) is 8.11. The van der Waals surface area contributed by atoms with E-state index >= 15 is 0 Å². The van der Waals surface area contributed by atoms with Crippen molar-refractivity contribution in [2.45, 2.75) is 12.5 Å². The Hall–Kier alpha value is -1.06. The van der Waals surface area contributed by atoms with Crippen LogP contribution in [-0.2, 0) is 0 Å². The molecule has 0 amide bonds. The molecule has 2 rings (SSSR count). The minimum absolute atomic E-state index is 0.0498. The summed E-state index contributed by atoms with van der Waals surface area (Å²) in [5, 5.41) is 12.9. The third kappa shape index (κ3) is 1.74. The first-order valence-corrected chi connectivity index (χ1v) is 5.03. The van der Waals surface area contributed by atoms with E-state index < -0.39 is 0 Å². The van der Waals surface area contributed by atoms with Crippen LogP contribution >= 0.6 is 0 Å². The molecule has 1 aromatic carbocycles. The second-order valence-electron chi connectivity index (χ2n) is 3.84. The van der Waals surface area contributed by atoms with Gasteiger partial charge in [-0.2, -0.15) is 0 Å². The quantitative estimate of drug-likeness (QED) is 0.655. The average molecular weight is 192 g/mol. The monoisotopic (exact) mass is 192 g/mol. The third-order valence-corrected chi connectivity index (χ3v) is 2.90. The molecule has 14 heavy (non-hydrogen) atoms. The minimum Gasteiger partial charge on any atom is -0.508 e. The van der Waals surface area contributed by atoms with Gasteiger partial charge in [-0.25, -0.2) is 0 Å². The largest absolute Gasteiger partial charge is 0.508 e. The standard InChI is InChI=1S/C11H16N2O/c12-11(8-5-6-13-7-8)9-3-1-2-4-10(9)14/h1-4,8,11,13-14H,5-7,12H2. The van der Waals surface area contributed by atoms with Gasteiger partial charge in [-0.1, -0.05) is 18.2 Å². The predicted octanol–water partition coefficient (Wildman–Crippen LogP) is 1.00. The van der Waals surface area contributed by atoms with Gasteiger partial charge < -0.3 is 16.2 Å². The molecular formula is C11H16N2O. The first-order valence-electron chi connectivity index (χ1n) is 5.03. The Labute approximate surface area is 83.9 Å². The minimum atomic E-state index is -0.0498. The van der Waals surface area contributed by atoms with Crippen molar-refractivity contribution in [2.75, 3.05) is 13.1 Å². The molecule has 1 aromatic rings. The van der Waals surface area contributed by atoms with Crippen molar-refractivity contribution in [3.63, 3.8) is 0 Å². The van der Waals surface area contributed by atoms with Crippen LogP contribution < -0.4 is 11.1 Å². The summed E-state index contributed by atoms with van der Waals surface area (Å²) in [5.74, 6) is 0.759. The maximum Gasteiger partial charge on any atom is 0.120 e. The average Bonchev–Trinajstić information content (AvgIpc) is 2.70. The molecule has 76 valence electrons. The lowest BCUT2D eigenvalue weighted by molar-refractivity contribution is 0.425. The zero-order valence-corrected chi connectivity index (χ0v) is 8.11. The molecule has 1 heterocycles. The lowest BCUT2D eigenvalue weighted by Crippen LogP contribution is -2.23. The van der Waals surface area contributed by atoms with Gasteiger partial charge in [-0.05, 0) is 31.5 Å². The molecule has 2 unspecified atom stereocenters. The van der Waals surface area contributed by atoms with Gasteiger partial charge in [0.1, 0.15) is 5.75 Å². The second-order valence-corrected chi connectivity index (χ2v) is 3.84. The molecular weight excluding hydrogens is 176 g/mol. The Balaban J connectivity index is 2.17. The predicted molar refractivity (Wildman–Crippen MR) is 56.0 cm³/mol. The van der Waals surface area contributed by atoms with Crippen LogP contribution in [0.25, 0.3) is 0 Å². The fourth-order valence-corrected chi connectivity index (χ4v) is 2.01. The van der Waals surface area contributed by atoms with E-state index in [1.165, 1.54) is 0 Å². The summed E-state index contributed by atoms with van der Waals surface area (Å²) < 4.78 is 0. The summed E-state index contributed by atoms with van der Waals surface area (Å²) in [6.45, 7) is 1.99. The summed E-state index contributed by atoms with van der Waals surface area (Å²) in [6.07, 6.45) is 1.09. The van der Waals surface area contributed by atoms with Gasteiger partial charge in [0.15, 0.2) is 0 Å². The first-order chi connectivity index (χ1) is 6.79. The topological polar surface area (TPSA) is 58.3 Å². The Kier molecular flexibility index (Phi) is 2.70. The van der Waals surface area contributed by atoms with E-state index in [1.54, 1.807) is 6.07 Å². The number of aromatic hydroxyl groups is 1. The molecule has 0 radical (unpaired) electrons. The van der Waals surface area contributed by atoms with Gasteiger partial charge >= 0.3 is 0 Å². The number of phenolic OH excluding ortho intramolecular Hbond substituents is 1. The number of nitrogens with two attached hydrogens (primary N) is 1. The number of para-hydroxylation sites is 1. The first kappa shape index (κ1) is 9.49. The Morgan fingerprint density at radius 2 is 2.21 bits per heavy atom. The number of hydrogen-bond donors (Lipinski definition) is 3. The fourth-order valence-electron chi connectivity index (χ4n) is 2.01. The van der Waals surface area contributed by atoms with E-state index in [9.17, 15) is 5.11 Å². The highest BCUT2D eigenvalue weighted by atomic mass is 16.3. The summed E-state index contributed by atoms with van der Waals surface area (Å²) >= 11 is 0. The number of phenols is 1. The van der Waals surface area contributed by atoms with Crippen molar-refractivity contribution in [1.82, 2.24) is 5.32 Å². The van der Waals surface area contributed by atoms with Crippen LogP contribution in [-0.4, -0.2) is 18.2 Å². The number of nitrogens with one attached hydrogen (secondary N) is 1. The Morgan fingerprint density at radius 1 is 1.43 bits per heavy atom. The van der Waals surface area contributed by atoms with Crippen LogP contribution in [0.3, 0.4) is 0 Å². The van der Waals surface area contributed by atoms with Gasteiger partial charge in [0, 0.05) is 11.6 Å². The van der Waals surface area contributed by atoms with Gasteiger partial charge in [0.2, 0.25) is 0 Å². The van der Waals surface area contributed by atoms with E-state index in [-0.39, 0.29) is 6.04 Å². The van der Waals surface area contributed by atoms with Crippen molar-refractivity contribution < 1.29 is 5.11 Å². The molecule has 0 spiro atoms. The van der Waals surface area contributed by atoms with Crippen LogP contribution in [0, 0.1) is 5.92 Å². The smallest absolute Gasteiger partial charge is 0.120 e. The van der Waals surface area contributed by atoms with Gasteiger partial charge in [-0.15, -0.1) is 0 Å². The van der Waals surface area contributed by atoms with Crippen molar-refractivity contribution in [2.24, 2.45) is 11.7 Å². The van der Waals surface area contributed by atoms with Gasteiger partial charge in [-0.3, -0.25) is 0 Å². The normalized spacial score (nSPS) is 23.6. The summed E-state index contributed by atoms with van der Waals surface area (Å²) in [5.41, 5.74) is 6.96. The molecule has 1 saturated heterocycles. The fraction of sp³-hybridized carbons (Fsp3) is 0.455. The Bertz CT molecular complexity index is 308. The van der Waals surface area contributed by atoms with Crippen LogP contribution in [0.5, 0.6) is 5.75 Å². The zero-order chi connectivity index (χ0) is 9.97. The van der Waals surface area contributed by atoms with Crippen molar-refractivity contribution in [1.29, 1.82) is 0 Å². The third-order valence-electron chi connectivity index (χ3n) is 2.90. The van der Waals surface area contributed by atoms with E-state index in [0.29, 0.717) is 11.7 Å². The van der Waals surface area contributed by atoms with Crippen molar-refractivity contribution in [3.05, 3.63) is 29.8 Å². The lowest BCUT2D eigenvalue weighted by Gasteiger charge is -2.19. The SMILES string of the molecule is NC(c1ccccc1O)C1CCNC1. The maximum atomic E-state index is 9.64. The van der Waals surface area contributed by atoms with Crippen molar-refractivity contribution in [3.8, 4) is 5.75 Å². The molecule has 2 atom stereocenters. The number of hydrogen-bond acceptors (Lipinski definition) is 3. The van der Waals surface area contributed by atoms with E-state index in [1.807, 2.05) is 18.2 Å². The van der Waals surface area contributed by atoms with E-state index in [2.05, 4.69) is 5.32 Å². The highest BCUT2D eigenvalue weighted by molar-refractivity contribution is 5.34. The molecule has 0 bridgehead atoms. The molecule has 0 aromatic heterocycles. The molecule has 4 N–H and O–H groups in total. The van der Waals surface area contributed by atoms with Gasteiger partial charge in [0.05, 0.1) is 0 Å². The Morgan fingerprint density at radius 3 is 2.86 bits per heavy atom.